The second-order valence-corrected chi connectivity index (χ2v) is 7.91. The van der Waals surface area contributed by atoms with Gasteiger partial charge in [0, 0.05) is 23.1 Å². The van der Waals surface area contributed by atoms with Gasteiger partial charge in [0.05, 0.1) is 12.4 Å². The number of aliphatic hydroxyl groups excluding tert-OH is 1. The molecule has 2 N–H and O–H groups in total. The van der Waals surface area contributed by atoms with Crippen LogP contribution in [0.25, 0.3) is 17.0 Å². The molecule has 4 rings (SSSR count). The van der Waals surface area contributed by atoms with Crippen molar-refractivity contribution in [3.05, 3.63) is 36.7 Å². The van der Waals surface area contributed by atoms with Crippen LogP contribution in [-0.4, -0.2) is 42.8 Å². The molecule has 148 valence electrons. The van der Waals surface area contributed by atoms with Crippen molar-refractivity contribution in [1.29, 1.82) is 0 Å². The Bertz CT molecular complexity index is 977. The van der Waals surface area contributed by atoms with Crippen LogP contribution in [0.15, 0.2) is 41.6 Å². The second-order valence-electron chi connectivity index (χ2n) is 6.78. The highest BCUT2D eigenvalue weighted by atomic mass is 32.2. The molecule has 0 saturated heterocycles. The number of benzene rings is 1. The van der Waals surface area contributed by atoms with Gasteiger partial charge in [-0.1, -0.05) is 12.1 Å². The summed E-state index contributed by atoms with van der Waals surface area (Å²) in [5.74, 6) is 1.30. The fourth-order valence-corrected chi connectivity index (χ4v) is 4.05. The molecule has 2 atom stereocenters. The third-order valence-electron chi connectivity index (χ3n) is 4.72. The van der Waals surface area contributed by atoms with Gasteiger partial charge in [-0.2, -0.15) is 17.7 Å². The average Bonchev–Trinajstić information content (AvgIpc) is 3.27. The summed E-state index contributed by atoms with van der Waals surface area (Å²) in [6.07, 6.45) is 5.98. The lowest BCUT2D eigenvalue weighted by Gasteiger charge is -2.14. The Labute approximate surface area is 163 Å². The van der Waals surface area contributed by atoms with Gasteiger partial charge in [-0.3, -0.25) is 4.98 Å². The number of fused-ring (bicyclic) bond motifs is 1. The molecule has 28 heavy (non-hydrogen) atoms. The molecule has 2 aromatic heterocycles. The molecule has 0 spiro atoms. The molecule has 3 aromatic rings. The summed E-state index contributed by atoms with van der Waals surface area (Å²) in [7, 11) is 0. The standard InChI is InChI=1S/C18H18F3N5OS/c19-18(20,21)28-14-3-1-2-12(7-14)17-24-16-9-22-8-15(26(16)25-17)23-13-5-4-11(6-13)10-27/h1-3,7-9,11,13,23,27H,4-6,10H2. The number of nitrogens with one attached hydrogen (secondary N) is 1. The average molecular weight is 409 g/mol. The first-order valence-electron chi connectivity index (χ1n) is 8.85. The molecule has 2 unspecified atom stereocenters. The summed E-state index contributed by atoms with van der Waals surface area (Å²) in [4.78, 5) is 8.67. The van der Waals surface area contributed by atoms with Crippen molar-refractivity contribution in [1.82, 2.24) is 19.6 Å². The van der Waals surface area contributed by atoms with Crippen LogP contribution in [0.2, 0.25) is 0 Å². The van der Waals surface area contributed by atoms with Gasteiger partial charge in [-0.05, 0) is 49.1 Å². The third kappa shape index (κ3) is 4.22. The largest absolute Gasteiger partial charge is 0.446 e. The summed E-state index contributed by atoms with van der Waals surface area (Å²) in [5, 5.41) is 17.2. The van der Waals surface area contributed by atoms with E-state index in [1.54, 1.807) is 29.0 Å². The highest BCUT2D eigenvalue weighted by Gasteiger charge is 2.29. The van der Waals surface area contributed by atoms with E-state index in [9.17, 15) is 18.3 Å². The highest BCUT2D eigenvalue weighted by Crippen LogP contribution is 2.38. The van der Waals surface area contributed by atoms with Crippen LogP contribution in [0.1, 0.15) is 19.3 Å². The van der Waals surface area contributed by atoms with E-state index in [4.69, 9.17) is 0 Å². The first kappa shape index (κ1) is 19.0. The van der Waals surface area contributed by atoms with Crippen molar-refractivity contribution >= 4 is 23.2 Å². The number of alkyl halides is 3. The van der Waals surface area contributed by atoms with Gasteiger partial charge < -0.3 is 10.4 Å². The number of thioether (sulfide) groups is 1. The number of aromatic nitrogens is 4. The molecular weight excluding hydrogens is 391 g/mol. The predicted molar refractivity (Wildman–Crippen MR) is 100.0 cm³/mol. The number of anilines is 1. The maximum Gasteiger partial charge on any atom is 0.446 e. The van der Waals surface area contributed by atoms with Crippen LogP contribution in [0, 0.1) is 5.92 Å². The topological polar surface area (TPSA) is 75.3 Å². The molecule has 6 nitrogen and oxygen atoms in total. The summed E-state index contributed by atoms with van der Waals surface area (Å²) >= 11 is -0.164. The third-order valence-corrected chi connectivity index (χ3v) is 5.45. The monoisotopic (exact) mass is 409 g/mol. The Morgan fingerprint density at radius 3 is 2.86 bits per heavy atom. The van der Waals surface area contributed by atoms with E-state index in [0.717, 1.165) is 19.3 Å². The summed E-state index contributed by atoms with van der Waals surface area (Å²) in [6, 6.07) is 6.28. The number of rotatable bonds is 5. The van der Waals surface area contributed by atoms with Gasteiger partial charge in [-0.25, -0.2) is 4.98 Å². The Hall–Kier alpha value is -2.33. The first-order chi connectivity index (χ1) is 13.4. The van der Waals surface area contributed by atoms with Crippen molar-refractivity contribution in [2.24, 2.45) is 5.92 Å². The van der Waals surface area contributed by atoms with Crippen LogP contribution >= 0.6 is 11.8 Å². The highest BCUT2D eigenvalue weighted by molar-refractivity contribution is 8.00. The maximum absolute atomic E-state index is 12.6. The van der Waals surface area contributed by atoms with Gasteiger partial charge in [-0.15, -0.1) is 5.10 Å². The zero-order valence-electron chi connectivity index (χ0n) is 14.7. The van der Waals surface area contributed by atoms with Crippen LogP contribution in [0.5, 0.6) is 0 Å². The summed E-state index contributed by atoms with van der Waals surface area (Å²) < 4.78 is 39.5. The lowest BCUT2D eigenvalue weighted by Crippen LogP contribution is -2.18. The van der Waals surface area contributed by atoms with Crippen molar-refractivity contribution in [2.45, 2.75) is 35.7 Å². The van der Waals surface area contributed by atoms with Crippen LogP contribution < -0.4 is 5.32 Å². The Kier molecular flexibility index (Phi) is 5.15. The van der Waals surface area contributed by atoms with Gasteiger partial charge >= 0.3 is 5.51 Å². The Morgan fingerprint density at radius 2 is 2.11 bits per heavy atom. The number of aliphatic hydroxyl groups is 1. The SMILES string of the molecule is OCC1CCC(Nc2cncc3nc(-c4cccc(SC(F)(F)F)c4)nn23)C1. The maximum atomic E-state index is 12.6. The number of nitrogens with zero attached hydrogens (tertiary/aromatic N) is 4. The molecule has 0 aliphatic heterocycles. The van der Waals surface area contributed by atoms with Gasteiger partial charge in [0.2, 0.25) is 0 Å². The predicted octanol–water partition coefficient (Wildman–Crippen LogP) is 3.98. The van der Waals surface area contributed by atoms with Crippen molar-refractivity contribution in [2.75, 3.05) is 11.9 Å². The van der Waals surface area contributed by atoms with Crippen molar-refractivity contribution in [3.63, 3.8) is 0 Å². The zero-order valence-corrected chi connectivity index (χ0v) is 15.5. The lowest BCUT2D eigenvalue weighted by atomic mass is 10.1. The van der Waals surface area contributed by atoms with E-state index in [0.29, 0.717) is 28.8 Å². The molecular formula is C18H18F3N5OS. The molecule has 0 amide bonds. The molecule has 1 aliphatic carbocycles. The van der Waals surface area contributed by atoms with Crippen LogP contribution in [0.4, 0.5) is 19.0 Å². The van der Waals surface area contributed by atoms with Gasteiger partial charge in [0.1, 0.15) is 5.82 Å². The molecule has 1 aromatic carbocycles. The number of halogens is 3. The fourth-order valence-electron chi connectivity index (χ4n) is 3.45. The van der Waals surface area contributed by atoms with Crippen LogP contribution in [0.3, 0.4) is 0 Å². The van der Waals surface area contributed by atoms with E-state index in [2.05, 4.69) is 20.4 Å². The summed E-state index contributed by atoms with van der Waals surface area (Å²) in [5.41, 5.74) is -3.34. The van der Waals surface area contributed by atoms with Gasteiger partial charge in [0.15, 0.2) is 11.5 Å². The molecule has 1 fully saturated rings. The normalized spacial score (nSPS) is 20.0. The van der Waals surface area contributed by atoms with E-state index >= 15 is 0 Å². The van der Waals surface area contributed by atoms with Gasteiger partial charge in [0.25, 0.3) is 0 Å². The zero-order chi connectivity index (χ0) is 19.7. The molecule has 2 heterocycles. The minimum atomic E-state index is -4.35. The molecule has 1 saturated carbocycles. The number of hydrogen-bond donors (Lipinski definition) is 2. The smallest absolute Gasteiger partial charge is 0.396 e. The van der Waals surface area contributed by atoms with Crippen molar-refractivity contribution < 1.29 is 18.3 Å². The molecule has 0 bridgehead atoms. The number of hydrogen-bond acceptors (Lipinski definition) is 6. The Morgan fingerprint density at radius 1 is 1.25 bits per heavy atom. The second kappa shape index (κ2) is 7.59. The van der Waals surface area contributed by atoms with E-state index in [1.165, 1.54) is 12.1 Å². The van der Waals surface area contributed by atoms with E-state index in [1.807, 2.05) is 0 Å². The molecule has 1 aliphatic rings. The van der Waals surface area contributed by atoms with E-state index < -0.39 is 5.51 Å². The van der Waals surface area contributed by atoms with E-state index in [-0.39, 0.29) is 29.3 Å². The molecule has 0 radical (unpaired) electrons. The lowest BCUT2D eigenvalue weighted by molar-refractivity contribution is -0.0328. The molecule has 10 heteroatoms. The first-order valence-corrected chi connectivity index (χ1v) is 9.67. The van der Waals surface area contributed by atoms with Crippen LogP contribution in [-0.2, 0) is 0 Å². The fraction of sp³-hybridized carbons (Fsp3) is 0.389. The Balaban J connectivity index is 1.61. The quantitative estimate of drug-likeness (QED) is 0.621. The van der Waals surface area contributed by atoms with Crippen molar-refractivity contribution in [3.8, 4) is 11.4 Å². The minimum absolute atomic E-state index is 0.0846. The summed E-state index contributed by atoms with van der Waals surface area (Å²) in [6.45, 7) is 0.181. The minimum Gasteiger partial charge on any atom is -0.396 e.